The van der Waals surface area contributed by atoms with Gasteiger partial charge in [-0.1, -0.05) is 53.5 Å². The first kappa shape index (κ1) is 17.3. The van der Waals surface area contributed by atoms with E-state index in [0.717, 1.165) is 5.56 Å². The molecule has 0 unspecified atom stereocenters. The van der Waals surface area contributed by atoms with Gasteiger partial charge in [0, 0.05) is 11.3 Å². The van der Waals surface area contributed by atoms with Gasteiger partial charge in [-0.15, -0.1) is 0 Å². The Labute approximate surface area is 156 Å². The SMILES string of the molecule is O=C(Nc1ccc(Cl)c(Cl)c1)c1ccc(OCc2ccccc2)cc1. The van der Waals surface area contributed by atoms with Crippen LogP contribution in [0.3, 0.4) is 0 Å². The highest BCUT2D eigenvalue weighted by atomic mass is 35.5. The molecule has 5 heteroatoms. The Kier molecular flexibility index (Phi) is 5.59. The average Bonchev–Trinajstić information content (AvgIpc) is 2.64. The van der Waals surface area contributed by atoms with Crippen molar-refractivity contribution in [3.8, 4) is 5.75 Å². The fraction of sp³-hybridized carbons (Fsp3) is 0.0500. The molecule has 3 nitrogen and oxygen atoms in total. The maximum Gasteiger partial charge on any atom is 0.255 e. The second-order valence-corrected chi connectivity index (χ2v) is 6.20. The molecule has 0 fully saturated rings. The highest BCUT2D eigenvalue weighted by Gasteiger charge is 2.08. The minimum atomic E-state index is -0.229. The van der Waals surface area contributed by atoms with Gasteiger partial charge in [0.05, 0.1) is 10.0 Å². The summed E-state index contributed by atoms with van der Waals surface area (Å²) in [5.74, 6) is 0.475. The molecule has 0 aliphatic rings. The Balaban J connectivity index is 1.61. The summed E-state index contributed by atoms with van der Waals surface area (Å²) in [6.07, 6.45) is 0. The van der Waals surface area contributed by atoms with Gasteiger partial charge in [-0.25, -0.2) is 0 Å². The highest BCUT2D eigenvalue weighted by molar-refractivity contribution is 6.42. The number of amides is 1. The van der Waals surface area contributed by atoms with Crippen LogP contribution < -0.4 is 10.1 Å². The molecule has 0 spiro atoms. The van der Waals surface area contributed by atoms with E-state index in [9.17, 15) is 4.79 Å². The van der Waals surface area contributed by atoms with Crippen molar-refractivity contribution in [2.24, 2.45) is 0 Å². The van der Waals surface area contributed by atoms with Crippen LogP contribution in [-0.4, -0.2) is 5.91 Å². The van der Waals surface area contributed by atoms with E-state index in [2.05, 4.69) is 5.32 Å². The highest BCUT2D eigenvalue weighted by Crippen LogP contribution is 2.25. The predicted molar refractivity (Wildman–Crippen MR) is 102 cm³/mol. The van der Waals surface area contributed by atoms with Crippen LogP contribution in [0.25, 0.3) is 0 Å². The van der Waals surface area contributed by atoms with Crippen molar-refractivity contribution in [3.63, 3.8) is 0 Å². The monoisotopic (exact) mass is 371 g/mol. The van der Waals surface area contributed by atoms with Crippen molar-refractivity contribution >= 4 is 34.8 Å². The van der Waals surface area contributed by atoms with Gasteiger partial charge in [0.25, 0.3) is 5.91 Å². The number of hydrogen-bond acceptors (Lipinski definition) is 2. The lowest BCUT2D eigenvalue weighted by Gasteiger charge is -2.09. The Hall–Kier alpha value is -2.49. The molecular formula is C20H15Cl2NO2. The van der Waals surface area contributed by atoms with E-state index >= 15 is 0 Å². The quantitative estimate of drug-likeness (QED) is 0.612. The molecule has 3 aromatic rings. The molecule has 0 aliphatic heterocycles. The minimum Gasteiger partial charge on any atom is -0.489 e. The van der Waals surface area contributed by atoms with Crippen LogP contribution in [0.2, 0.25) is 10.0 Å². The van der Waals surface area contributed by atoms with Gasteiger partial charge in [0.1, 0.15) is 12.4 Å². The third kappa shape index (κ3) is 4.75. The number of carbonyl (C=O) groups excluding carboxylic acids is 1. The second kappa shape index (κ2) is 8.06. The summed E-state index contributed by atoms with van der Waals surface area (Å²) >= 11 is 11.8. The molecule has 0 saturated carbocycles. The van der Waals surface area contributed by atoms with Crippen LogP contribution in [0, 0.1) is 0 Å². The van der Waals surface area contributed by atoms with E-state index in [1.54, 1.807) is 42.5 Å². The largest absolute Gasteiger partial charge is 0.489 e. The van der Waals surface area contributed by atoms with Crippen LogP contribution in [0.4, 0.5) is 5.69 Å². The summed E-state index contributed by atoms with van der Waals surface area (Å²) in [5.41, 5.74) is 2.20. The summed E-state index contributed by atoms with van der Waals surface area (Å²) < 4.78 is 5.71. The number of anilines is 1. The molecule has 0 aliphatic carbocycles. The van der Waals surface area contributed by atoms with E-state index in [0.29, 0.717) is 33.7 Å². The molecule has 0 aromatic heterocycles. The van der Waals surface area contributed by atoms with Gasteiger partial charge >= 0.3 is 0 Å². The first-order chi connectivity index (χ1) is 12.1. The number of rotatable bonds is 5. The lowest BCUT2D eigenvalue weighted by Crippen LogP contribution is -2.11. The first-order valence-corrected chi connectivity index (χ1v) is 8.40. The van der Waals surface area contributed by atoms with Gasteiger partial charge < -0.3 is 10.1 Å². The zero-order valence-electron chi connectivity index (χ0n) is 13.2. The van der Waals surface area contributed by atoms with Crippen molar-refractivity contribution in [3.05, 3.63) is 94.0 Å². The number of halogens is 2. The van der Waals surface area contributed by atoms with Crippen LogP contribution in [0.5, 0.6) is 5.75 Å². The maximum absolute atomic E-state index is 12.3. The maximum atomic E-state index is 12.3. The summed E-state index contributed by atoms with van der Waals surface area (Å²) in [6, 6.07) is 21.8. The fourth-order valence-corrected chi connectivity index (χ4v) is 2.52. The summed E-state index contributed by atoms with van der Waals surface area (Å²) in [5, 5.41) is 3.62. The zero-order valence-corrected chi connectivity index (χ0v) is 14.7. The number of nitrogens with one attached hydrogen (secondary N) is 1. The Morgan fingerprint density at radius 2 is 1.60 bits per heavy atom. The molecule has 0 atom stereocenters. The third-order valence-electron chi connectivity index (χ3n) is 3.54. The van der Waals surface area contributed by atoms with Crippen molar-refractivity contribution in [2.45, 2.75) is 6.61 Å². The van der Waals surface area contributed by atoms with Crippen LogP contribution in [-0.2, 0) is 6.61 Å². The first-order valence-electron chi connectivity index (χ1n) is 7.65. The van der Waals surface area contributed by atoms with Crippen LogP contribution >= 0.6 is 23.2 Å². The number of ether oxygens (including phenoxy) is 1. The normalized spacial score (nSPS) is 10.3. The lowest BCUT2D eigenvalue weighted by molar-refractivity contribution is 0.102. The Bertz CT molecular complexity index is 865. The van der Waals surface area contributed by atoms with Crippen molar-refractivity contribution < 1.29 is 9.53 Å². The fourth-order valence-electron chi connectivity index (χ4n) is 2.22. The summed E-state index contributed by atoms with van der Waals surface area (Å²) in [6.45, 7) is 0.482. The van der Waals surface area contributed by atoms with Gasteiger partial charge in [-0.2, -0.15) is 0 Å². The lowest BCUT2D eigenvalue weighted by atomic mass is 10.2. The number of carbonyl (C=O) groups is 1. The van der Waals surface area contributed by atoms with E-state index < -0.39 is 0 Å². The van der Waals surface area contributed by atoms with Gasteiger partial charge in [-0.05, 0) is 48.0 Å². The number of hydrogen-bond donors (Lipinski definition) is 1. The number of benzene rings is 3. The summed E-state index contributed by atoms with van der Waals surface area (Å²) in [7, 11) is 0. The molecule has 0 heterocycles. The summed E-state index contributed by atoms with van der Waals surface area (Å²) in [4.78, 5) is 12.3. The molecule has 25 heavy (non-hydrogen) atoms. The zero-order chi connectivity index (χ0) is 17.6. The van der Waals surface area contributed by atoms with Crippen molar-refractivity contribution in [2.75, 3.05) is 5.32 Å². The molecule has 0 saturated heterocycles. The van der Waals surface area contributed by atoms with Gasteiger partial charge in [0.2, 0.25) is 0 Å². The van der Waals surface area contributed by atoms with Crippen LogP contribution in [0.1, 0.15) is 15.9 Å². The molecule has 1 N–H and O–H groups in total. The average molecular weight is 372 g/mol. The molecule has 0 radical (unpaired) electrons. The van der Waals surface area contributed by atoms with E-state index in [1.165, 1.54) is 0 Å². The molecular weight excluding hydrogens is 357 g/mol. The topological polar surface area (TPSA) is 38.3 Å². The molecule has 1 amide bonds. The Morgan fingerprint density at radius 3 is 2.28 bits per heavy atom. The molecule has 0 bridgehead atoms. The second-order valence-electron chi connectivity index (χ2n) is 5.38. The van der Waals surface area contributed by atoms with E-state index in [1.807, 2.05) is 30.3 Å². The van der Waals surface area contributed by atoms with Gasteiger partial charge in [0.15, 0.2) is 0 Å². The van der Waals surface area contributed by atoms with Gasteiger partial charge in [-0.3, -0.25) is 4.79 Å². The van der Waals surface area contributed by atoms with E-state index in [4.69, 9.17) is 27.9 Å². The van der Waals surface area contributed by atoms with Crippen LogP contribution in [0.15, 0.2) is 72.8 Å². The third-order valence-corrected chi connectivity index (χ3v) is 4.28. The molecule has 3 aromatic carbocycles. The van der Waals surface area contributed by atoms with Crippen molar-refractivity contribution in [1.82, 2.24) is 0 Å². The predicted octanol–water partition coefficient (Wildman–Crippen LogP) is 5.82. The van der Waals surface area contributed by atoms with Crippen molar-refractivity contribution in [1.29, 1.82) is 0 Å². The van der Waals surface area contributed by atoms with E-state index in [-0.39, 0.29) is 5.91 Å². The smallest absolute Gasteiger partial charge is 0.255 e. The Morgan fingerprint density at radius 1 is 0.880 bits per heavy atom. The molecule has 126 valence electrons. The molecule has 3 rings (SSSR count). The minimum absolute atomic E-state index is 0.229. The standard InChI is InChI=1S/C20H15Cl2NO2/c21-18-11-8-16(12-19(18)22)23-20(24)15-6-9-17(10-7-15)25-13-14-4-2-1-3-5-14/h1-12H,13H2,(H,23,24).